The van der Waals surface area contributed by atoms with Gasteiger partial charge in [-0.1, -0.05) is 6.07 Å². The zero-order valence-corrected chi connectivity index (χ0v) is 14.4. The van der Waals surface area contributed by atoms with Crippen LogP contribution in [0, 0.1) is 0 Å². The summed E-state index contributed by atoms with van der Waals surface area (Å²) in [5, 5.41) is 2.48. The molecule has 0 saturated carbocycles. The lowest BCUT2D eigenvalue weighted by Gasteiger charge is -2.16. The van der Waals surface area contributed by atoms with Crippen molar-refractivity contribution >= 4 is 16.8 Å². The number of hydrogen-bond donors (Lipinski definition) is 1. The van der Waals surface area contributed by atoms with Crippen LogP contribution < -0.4 is 10.7 Å². The third-order valence-electron chi connectivity index (χ3n) is 4.19. The molecule has 1 amide bonds. The van der Waals surface area contributed by atoms with Crippen molar-refractivity contribution in [2.24, 2.45) is 0 Å². The quantitative estimate of drug-likeness (QED) is 0.761. The first-order valence-corrected chi connectivity index (χ1v) is 8.23. The van der Waals surface area contributed by atoms with Crippen LogP contribution in [0.3, 0.4) is 0 Å². The molecular formula is C19H16F3N3O2. The van der Waals surface area contributed by atoms with E-state index in [1.54, 1.807) is 31.5 Å². The van der Waals surface area contributed by atoms with Crippen molar-refractivity contribution in [1.29, 1.82) is 0 Å². The number of alkyl halides is 3. The largest absolute Gasteiger partial charge is 0.418 e. The number of nitrogens with zero attached hydrogens (tertiary/aromatic N) is 2. The Balaban J connectivity index is 2.06. The van der Waals surface area contributed by atoms with Crippen molar-refractivity contribution in [3.8, 4) is 0 Å². The number of amides is 1. The first kappa shape index (κ1) is 18.6. The lowest BCUT2D eigenvalue weighted by molar-refractivity contribution is -0.136. The van der Waals surface area contributed by atoms with Gasteiger partial charge in [0, 0.05) is 37.1 Å². The number of carbonyl (C=O) groups is 1. The van der Waals surface area contributed by atoms with E-state index in [1.807, 2.05) is 0 Å². The van der Waals surface area contributed by atoms with Crippen LogP contribution >= 0.6 is 0 Å². The molecular weight excluding hydrogens is 359 g/mol. The second-order valence-electron chi connectivity index (χ2n) is 5.90. The molecule has 0 aliphatic heterocycles. The lowest BCUT2D eigenvalue weighted by Crippen LogP contribution is -2.30. The number of carbonyl (C=O) groups excluding carboxylic acids is 1. The molecule has 0 bridgehead atoms. The smallest absolute Gasteiger partial charge is 0.348 e. The maximum atomic E-state index is 13.3. The fraction of sp³-hybridized carbons (Fsp3) is 0.211. The Morgan fingerprint density at radius 1 is 1.19 bits per heavy atom. The fourth-order valence-corrected chi connectivity index (χ4v) is 2.88. The van der Waals surface area contributed by atoms with E-state index in [2.05, 4.69) is 10.3 Å². The molecule has 0 saturated heterocycles. The van der Waals surface area contributed by atoms with Crippen LogP contribution in [-0.2, 0) is 19.3 Å². The van der Waals surface area contributed by atoms with Gasteiger partial charge in [-0.3, -0.25) is 14.6 Å². The summed E-state index contributed by atoms with van der Waals surface area (Å²) in [5.74, 6) is -0.640. The summed E-state index contributed by atoms with van der Waals surface area (Å²) in [4.78, 5) is 29.0. The van der Waals surface area contributed by atoms with Gasteiger partial charge in [-0.2, -0.15) is 13.2 Å². The second-order valence-corrected chi connectivity index (χ2v) is 5.90. The first-order valence-electron chi connectivity index (χ1n) is 8.23. The van der Waals surface area contributed by atoms with E-state index >= 15 is 0 Å². The molecule has 0 spiro atoms. The predicted octanol–water partition coefficient (Wildman–Crippen LogP) is 3.37. The molecule has 0 radical (unpaired) electrons. The summed E-state index contributed by atoms with van der Waals surface area (Å²) in [6.45, 7) is 2.00. The minimum atomic E-state index is -4.60. The van der Waals surface area contributed by atoms with Crippen LogP contribution in [0.5, 0.6) is 0 Å². The standard InChI is InChI=1S/C19H16F3N3O2/c1-2-25-11-14(18(27)24-10-12-6-8-23-9-7-12)17(26)13-4-3-5-15(16(13)25)19(20,21)22/h3-9,11H,2,10H2,1H3,(H,24,27). The Labute approximate surface area is 152 Å². The van der Waals surface area contributed by atoms with Gasteiger partial charge in [0.15, 0.2) is 0 Å². The molecule has 0 unspecified atom stereocenters. The molecule has 2 heterocycles. The minimum Gasteiger partial charge on any atom is -0.348 e. The second kappa shape index (κ2) is 7.22. The van der Waals surface area contributed by atoms with E-state index < -0.39 is 23.1 Å². The Kier molecular flexibility index (Phi) is 4.98. The van der Waals surface area contributed by atoms with Crippen LogP contribution in [-0.4, -0.2) is 15.5 Å². The van der Waals surface area contributed by atoms with Crippen molar-refractivity contribution in [2.45, 2.75) is 26.2 Å². The molecule has 0 atom stereocenters. The van der Waals surface area contributed by atoms with Crippen molar-refractivity contribution in [1.82, 2.24) is 14.9 Å². The molecule has 0 aliphatic carbocycles. The number of nitrogens with one attached hydrogen (secondary N) is 1. The Bertz CT molecular complexity index is 1040. The Hall–Kier alpha value is -3.16. The minimum absolute atomic E-state index is 0.136. The van der Waals surface area contributed by atoms with E-state index in [4.69, 9.17) is 0 Å². The number of aryl methyl sites for hydroxylation is 1. The van der Waals surface area contributed by atoms with Crippen molar-refractivity contribution in [2.75, 3.05) is 0 Å². The van der Waals surface area contributed by atoms with Gasteiger partial charge in [0.25, 0.3) is 5.91 Å². The van der Waals surface area contributed by atoms with Gasteiger partial charge in [0.05, 0.1) is 11.1 Å². The number of halogens is 3. The number of hydrogen-bond acceptors (Lipinski definition) is 3. The number of fused-ring (bicyclic) bond motifs is 1. The predicted molar refractivity (Wildman–Crippen MR) is 94.3 cm³/mol. The molecule has 8 heteroatoms. The van der Waals surface area contributed by atoms with E-state index in [1.165, 1.54) is 22.9 Å². The maximum Gasteiger partial charge on any atom is 0.418 e. The van der Waals surface area contributed by atoms with Gasteiger partial charge in [-0.15, -0.1) is 0 Å². The number of para-hydroxylation sites is 1. The third-order valence-corrected chi connectivity index (χ3v) is 4.19. The topological polar surface area (TPSA) is 64.0 Å². The normalized spacial score (nSPS) is 11.6. The maximum absolute atomic E-state index is 13.3. The monoisotopic (exact) mass is 375 g/mol. The molecule has 0 fully saturated rings. The molecule has 3 rings (SSSR count). The zero-order valence-electron chi connectivity index (χ0n) is 14.4. The van der Waals surface area contributed by atoms with Crippen LogP contribution in [0.1, 0.15) is 28.4 Å². The average Bonchev–Trinajstić information content (AvgIpc) is 2.66. The summed E-state index contributed by atoms with van der Waals surface area (Å²) in [7, 11) is 0. The highest BCUT2D eigenvalue weighted by atomic mass is 19.4. The molecule has 140 valence electrons. The Morgan fingerprint density at radius 3 is 2.52 bits per heavy atom. The zero-order chi connectivity index (χ0) is 19.6. The third kappa shape index (κ3) is 3.69. The van der Waals surface area contributed by atoms with Gasteiger partial charge < -0.3 is 9.88 Å². The number of aromatic nitrogens is 2. The van der Waals surface area contributed by atoms with Crippen LogP contribution in [0.15, 0.2) is 53.7 Å². The van der Waals surface area contributed by atoms with E-state index in [0.717, 1.165) is 11.6 Å². The number of rotatable bonds is 4. The first-order chi connectivity index (χ1) is 12.8. The molecule has 2 aromatic heterocycles. The van der Waals surface area contributed by atoms with Gasteiger partial charge in [-0.25, -0.2) is 0 Å². The summed E-state index contributed by atoms with van der Waals surface area (Å²) >= 11 is 0. The summed E-state index contributed by atoms with van der Waals surface area (Å²) in [5.41, 5.74) is -1.26. The van der Waals surface area contributed by atoms with Gasteiger partial charge in [0.2, 0.25) is 5.43 Å². The highest BCUT2D eigenvalue weighted by molar-refractivity contribution is 5.97. The highest BCUT2D eigenvalue weighted by Crippen LogP contribution is 2.34. The molecule has 1 N–H and O–H groups in total. The van der Waals surface area contributed by atoms with E-state index in [0.29, 0.717) is 0 Å². The van der Waals surface area contributed by atoms with Crippen molar-refractivity contribution < 1.29 is 18.0 Å². The van der Waals surface area contributed by atoms with Crippen molar-refractivity contribution in [3.63, 3.8) is 0 Å². The summed E-state index contributed by atoms with van der Waals surface area (Å²) in [6, 6.07) is 6.82. The van der Waals surface area contributed by atoms with Gasteiger partial charge in [0.1, 0.15) is 5.56 Å². The van der Waals surface area contributed by atoms with E-state index in [9.17, 15) is 22.8 Å². The van der Waals surface area contributed by atoms with Crippen LogP contribution in [0.25, 0.3) is 10.9 Å². The number of pyridine rings is 2. The number of benzene rings is 1. The highest BCUT2D eigenvalue weighted by Gasteiger charge is 2.34. The summed E-state index contributed by atoms with van der Waals surface area (Å²) in [6.07, 6.45) is -0.281. The Morgan fingerprint density at radius 2 is 1.89 bits per heavy atom. The van der Waals surface area contributed by atoms with Gasteiger partial charge >= 0.3 is 6.18 Å². The molecule has 27 heavy (non-hydrogen) atoms. The SMILES string of the molecule is CCn1cc(C(=O)NCc2ccncc2)c(=O)c2cccc(C(F)(F)F)c21. The molecule has 0 aliphatic rings. The van der Waals surface area contributed by atoms with Gasteiger partial charge in [-0.05, 0) is 36.8 Å². The fourth-order valence-electron chi connectivity index (χ4n) is 2.88. The average molecular weight is 375 g/mol. The molecule has 1 aromatic carbocycles. The van der Waals surface area contributed by atoms with Crippen LogP contribution in [0.2, 0.25) is 0 Å². The molecule has 3 aromatic rings. The van der Waals surface area contributed by atoms with Crippen LogP contribution in [0.4, 0.5) is 13.2 Å². The van der Waals surface area contributed by atoms with Crippen molar-refractivity contribution in [3.05, 3.63) is 75.8 Å². The molecule has 5 nitrogen and oxygen atoms in total. The van der Waals surface area contributed by atoms with E-state index in [-0.39, 0.29) is 29.6 Å². The lowest BCUT2D eigenvalue weighted by atomic mass is 10.1. The summed E-state index contributed by atoms with van der Waals surface area (Å²) < 4.78 is 41.3.